The van der Waals surface area contributed by atoms with E-state index in [0.29, 0.717) is 55.5 Å². The number of hydrogen-bond acceptors (Lipinski definition) is 5. The molecule has 0 atom stereocenters. The van der Waals surface area contributed by atoms with Gasteiger partial charge in [0.05, 0.1) is 31.1 Å². The lowest BCUT2D eigenvalue weighted by Gasteiger charge is -2.27. The van der Waals surface area contributed by atoms with Crippen LogP contribution in [-0.4, -0.2) is 54.7 Å². The quantitative estimate of drug-likeness (QED) is 0.690. The third-order valence-electron chi connectivity index (χ3n) is 4.52. The van der Waals surface area contributed by atoms with Crippen molar-refractivity contribution in [2.75, 3.05) is 38.2 Å². The molecule has 2 amide bonds. The molecule has 2 aromatic rings. The Balaban J connectivity index is 1.62. The van der Waals surface area contributed by atoms with Crippen LogP contribution in [0, 0.1) is 0 Å². The summed E-state index contributed by atoms with van der Waals surface area (Å²) in [5.41, 5.74) is 1.50. The summed E-state index contributed by atoms with van der Waals surface area (Å²) in [7, 11) is 0. The number of para-hydroxylation sites is 1. The molecule has 1 saturated heterocycles. The van der Waals surface area contributed by atoms with Crippen LogP contribution < -0.4 is 15.4 Å². The zero-order valence-corrected chi connectivity index (χ0v) is 17.7. The van der Waals surface area contributed by atoms with Gasteiger partial charge in [-0.05, 0) is 55.0 Å². The molecule has 1 aliphatic rings. The molecule has 8 heteroatoms. The first kappa shape index (κ1) is 21.7. The Morgan fingerprint density at radius 3 is 2.50 bits per heavy atom. The van der Waals surface area contributed by atoms with Crippen molar-refractivity contribution in [2.45, 2.75) is 13.3 Å². The van der Waals surface area contributed by atoms with Gasteiger partial charge < -0.3 is 19.7 Å². The van der Waals surface area contributed by atoms with E-state index >= 15 is 0 Å². The normalized spacial score (nSPS) is 13.4. The number of ether oxygens (including phenoxy) is 2. The molecule has 1 heterocycles. The molecule has 0 saturated carbocycles. The Morgan fingerprint density at radius 2 is 1.80 bits per heavy atom. The number of nitrogens with one attached hydrogen (secondary N) is 2. The van der Waals surface area contributed by atoms with Crippen LogP contribution in [0.3, 0.4) is 0 Å². The Bertz CT molecular complexity index is 896. The van der Waals surface area contributed by atoms with Crippen molar-refractivity contribution in [3.63, 3.8) is 0 Å². The number of amides is 2. The Hall–Kier alpha value is -2.97. The summed E-state index contributed by atoms with van der Waals surface area (Å²) in [5, 5.41) is 5.73. The van der Waals surface area contributed by atoms with Gasteiger partial charge in [0.2, 0.25) is 0 Å². The Morgan fingerprint density at radius 1 is 1.10 bits per heavy atom. The molecular formula is C22H25N3O4S. The Kier molecular flexibility index (Phi) is 7.75. The number of rotatable bonds is 6. The van der Waals surface area contributed by atoms with Crippen LogP contribution in [0.15, 0.2) is 48.5 Å². The average molecular weight is 428 g/mol. The van der Waals surface area contributed by atoms with E-state index in [-0.39, 0.29) is 16.9 Å². The molecule has 0 radical (unpaired) electrons. The van der Waals surface area contributed by atoms with Crippen molar-refractivity contribution in [3.8, 4) is 5.75 Å². The van der Waals surface area contributed by atoms with Crippen molar-refractivity contribution in [3.05, 3.63) is 59.7 Å². The van der Waals surface area contributed by atoms with Gasteiger partial charge in [-0.2, -0.15) is 0 Å². The fourth-order valence-corrected chi connectivity index (χ4v) is 3.17. The van der Waals surface area contributed by atoms with Crippen LogP contribution in [0.25, 0.3) is 0 Å². The minimum atomic E-state index is -0.341. The maximum absolute atomic E-state index is 12.8. The van der Waals surface area contributed by atoms with E-state index < -0.39 is 0 Å². The van der Waals surface area contributed by atoms with Gasteiger partial charge >= 0.3 is 0 Å². The minimum absolute atomic E-state index is 0.0989. The van der Waals surface area contributed by atoms with Crippen LogP contribution in [0.5, 0.6) is 5.75 Å². The van der Waals surface area contributed by atoms with Crippen molar-refractivity contribution in [1.82, 2.24) is 10.2 Å². The third kappa shape index (κ3) is 5.77. The molecule has 0 aromatic heterocycles. The van der Waals surface area contributed by atoms with Crippen molar-refractivity contribution in [2.24, 2.45) is 0 Å². The van der Waals surface area contributed by atoms with E-state index in [1.165, 1.54) is 0 Å². The molecule has 0 aliphatic carbocycles. The lowest BCUT2D eigenvalue weighted by molar-refractivity contribution is 0.0303. The second kappa shape index (κ2) is 10.7. The van der Waals surface area contributed by atoms with Crippen LogP contribution >= 0.6 is 12.2 Å². The fourth-order valence-electron chi connectivity index (χ4n) is 2.97. The summed E-state index contributed by atoms with van der Waals surface area (Å²) in [6.07, 6.45) is 0.914. The molecule has 2 aromatic carbocycles. The van der Waals surface area contributed by atoms with E-state index in [1.807, 2.05) is 6.92 Å². The third-order valence-corrected chi connectivity index (χ3v) is 4.72. The number of hydrogen-bond donors (Lipinski definition) is 2. The highest BCUT2D eigenvalue weighted by Gasteiger charge is 2.21. The monoisotopic (exact) mass is 427 g/mol. The smallest absolute Gasteiger partial charge is 0.257 e. The second-order valence-corrected chi connectivity index (χ2v) is 7.14. The Labute approximate surface area is 181 Å². The van der Waals surface area contributed by atoms with E-state index in [4.69, 9.17) is 21.7 Å². The number of morpholine rings is 1. The van der Waals surface area contributed by atoms with Crippen molar-refractivity contribution in [1.29, 1.82) is 0 Å². The molecule has 1 fully saturated rings. The molecule has 7 nitrogen and oxygen atoms in total. The lowest BCUT2D eigenvalue weighted by atomic mass is 10.1. The van der Waals surface area contributed by atoms with Gasteiger partial charge in [0.15, 0.2) is 5.11 Å². The predicted octanol–water partition coefficient (Wildman–Crippen LogP) is 3.07. The van der Waals surface area contributed by atoms with Gasteiger partial charge in [0.1, 0.15) is 5.75 Å². The standard InChI is InChI=1S/C22H25N3O4S/c1-2-13-29-17-9-7-16(8-10-17)20(26)24-22(30)23-19-6-4-3-5-18(19)21(27)25-11-14-28-15-12-25/h3-10H,2,11-15H2,1H3,(H2,23,24,26,30). The number of carbonyl (C=O) groups is 2. The SMILES string of the molecule is CCCOc1ccc(C(=O)NC(=S)Nc2ccccc2C(=O)N2CCOCC2)cc1. The van der Waals surface area contributed by atoms with Crippen LogP contribution in [0.4, 0.5) is 5.69 Å². The maximum Gasteiger partial charge on any atom is 0.257 e. The topological polar surface area (TPSA) is 79.9 Å². The van der Waals surface area contributed by atoms with Gasteiger partial charge in [0.25, 0.3) is 11.8 Å². The molecule has 30 heavy (non-hydrogen) atoms. The zero-order chi connectivity index (χ0) is 21.3. The molecule has 1 aliphatic heterocycles. The molecule has 0 unspecified atom stereocenters. The van der Waals surface area contributed by atoms with Crippen LogP contribution in [0.1, 0.15) is 34.1 Å². The first-order valence-corrected chi connectivity index (χ1v) is 10.3. The molecule has 0 bridgehead atoms. The summed E-state index contributed by atoms with van der Waals surface area (Å²) >= 11 is 5.29. The largest absolute Gasteiger partial charge is 0.494 e. The van der Waals surface area contributed by atoms with E-state index in [0.717, 1.165) is 6.42 Å². The molecule has 158 valence electrons. The summed E-state index contributed by atoms with van der Waals surface area (Å²) in [5.74, 6) is 0.273. The van der Waals surface area contributed by atoms with Gasteiger partial charge in [0, 0.05) is 18.7 Å². The van der Waals surface area contributed by atoms with Gasteiger partial charge in [-0.1, -0.05) is 19.1 Å². The highest BCUT2D eigenvalue weighted by molar-refractivity contribution is 7.80. The fraction of sp³-hybridized carbons (Fsp3) is 0.318. The van der Waals surface area contributed by atoms with E-state index in [9.17, 15) is 9.59 Å². The summed E-state index contributed by atoms with van der Waals surface area (Å²) in [4.78, 5) is 27.1. The number of carbonyl (C=O) groups excluding carboxylic acids is 2. The van der Waals surface area contributed by atoms with E-state index in [2.05, 4.69) is 10.6 Å². The van der Waals surface area contributed by atoms with Crippen LogP contribution in [-0.2, 0) is 4.74 Å². The maximum atomic E-state index is 12.8. The van der Waals surface area contributed by atoms with Gasteiger partial charge in [-0.15, -0.1) is 0 Å². The van der Waals surface area contributed by atoms with E-state index in [1.54, 1.807) is 53.4 Å². The van der Waals surface area contributed by atoms with Crippen molar-refractivity contribution >= 4 is 34.8 Å². The molecule has 2 N–H and O–H groups in total. The summed E-state index contributed by atoms with van der Waals surface area (Å²) < 4.78 is 10.8. The summed E-state index contributed by atoms with van der Waals surface area (Å²) in [6.45, 7) is 4.80. The lowest BCUT2D eigenvalue weighted by Crippen LogP contribution is -2.41. The van der Waals surface area contributed by atoms with Gasteiger partial charge in [-0.3, -0.25) is 14.9 Å². The van der Waals surface area contributed by atoms with Crippen molar-refractivity contribution < 1.29 is 19.1 Å². The highest BCUT2D eigenvalue weighted by Crippen LogP contribution is 2.18. The number of benzene rings is 2. The van der Waals surface area contributed by atoms with Crippen LogP contribution in [0.2, 0.25) is 0 Å². The molecular weight excluding hydrogens is 402 g/mol. The van der Waals surface area contributed by atoms with Gasteiger partial charge in [-0.25, -0.2) is 0 Å². The highest BCUT2D eigenvalue weighted by atomic mass is 32.1. The minimum Gasteiger partial charge on any atom is -0.494 e. The predicted molar refractivity (Wildman–Crippen MR) is 119 cm³/mol. The molecule has 0 spiro atoms. The second-order valence-electron chi connectivity index (χ2n) is 6.73. The average Bonchev–Trinajstić information content (AvgIpc) is 2.78. The zero-order valence-electron chi connectivity index (χ0n) is 16.8. The number of anilines is 1. The number of thiocarbonyl (C=S) groups is 1. The number of nitrogens with zero attached hydrogens (tertiary/aromatic N) is 1. The first-order chi connectivity index (χ1) is 14.6. The molecule has 3 rings (SSSR count). The summed E-state index contributed by atoms with van der Waals surface area (Å²) in [6, 6.07) is 13.9. The first-order valence-electron chi connectivity index (χ1n) is 9.89.